The molecule has 0 atom stereocenters. The smallest absolute Gasteiger partial charge is 0.160 e. The third kappa shape index (κ3) is 11.5. The first-order chi connectivity index (χ1) is 60.0. The van der Waals surface area contributed by atoms with Gasteiger partial charge >= 0.3 is 0 Å². The van der Waals surface area contributed by atoms with Crippen LogP contribution in [0.4, 0.5) is 0 Å². The van der Waals surface area contributed by atoms with Gasteiger partial charge in [-0.25, -0.2) is 19.9 Å². The van der Waals surface area contributed by atoms with E-state index < -0.39 is 16.2 Å². The molecule has 4 nitrogen and oxygen atoms in total. The summed E-state index contributed by atoms with van der Waals surface area (Å²) >= 11 is 0. The van der Waals surface area contributed by atoms with Gasteiger partial charge in [0.25, 0.3) is 0 Å². The largest absolute Gasteiger partial charge is 0.228 e. The summed E-state index contributed by atoms with van der Waals surface area (Å²) in [4.78, 5) is 21.7. The molecule has 19 aromatic rings. The average molecular weight is 1560 g/mol. The van der Waals surface area contributed by atoms with Crippen LogP contribution in [0.2, 0.25) is 0 Å². The average Bonchev–Trinajstić information content (AvgIpc) is 1.49. The van der Waals surface area contributed by atoms with Crippen molar-refractivity contribution in [3.05, 3.63) is 503 Å². The predicted molar refractivity (Wildman–Crippen MR) is 501 cm³/mol. The number of hydrogen-bond acceptors (Lipinski definition) is 4. The lowest BCUT2D eigenvalue weighted by atomic mass is 9.54. The molecule has 2 aromatic heterocycles. The highest BCUT2D eigenvalue weighted by Gasteiger charge is 2.56. The normalized spacial score (nSPS) is 14.8. The summed E-state index contributed by atoms with van der Waals surface area (Å²) in [5.74, 6) is 1.35. The van der Waals surface area contributed by atoms with Crippen molar-refractivity contribution in [2.24, 2.45) is 0 Å². The maximum absolute atomic E-state index is 5.50. The van der Waals surface area contributed by atoms with Crippen LogP contribution in [0.1, 0.15) is 93.1 Å². The Labute approximate surface area is 712 Å². The molecule has 0 unspecified atom stereocenters. The van der Waals surface area contributed by atoms with Crippen LogP contribution < -0.4 is 0 Å². The van der Waals surface area contributed by atoms with Gasteiger partial charge in [-0.15, -0.1) is 0 Å². The third-order valence-electron chi connectivity index (χ3n) is 27.0. The molecule has 0 amide bonds. The molecular weight excluding hydrogens is 1470 g/mol. The van der Waals surface area contributed by atoms with Crippen LogP contribution in [-0.2, 0) is 28.1 Å². The highest BCUT2D eigenvalue weighted by molar-refractivity contribution is 5.94. The van der Waals surface area contributed by atoms with E-state index in [9.17, 15) is 0 Å². The zero-order valence-corrected chi connectivity index (χ0v) is 68.0. The lowest BCUT2D eigenvalue weighted by Gasteiger charge is -2.48. The van der Waals surface area contributed by atoms with Gasteiger partial charge in [-0.05, 0) is 187 Å². The molecule has 0 bridgehead atoms. The summed E-state index contributed by atoms with van der Waals surface area (Å²) in [5.41, 5.74) is 41.7. The van der Waals surface area contributed by atoms with Crippen molar-refractivity contribution in [3.8, 4) is 146 Å². The van der Waals surface area contributed by atoms with Gasteiger partial charge in [-0.2, -0.15) is 0 Å². The van der Waals surface area contributed by atoms with Gasteiger partial charge in [0.15, 0.2) is 11.6 Å². The molecule has 0 aliphatic heterocycles. The number of aromatic nitrogens is 4. The van der Waals surface area contributed by atoms with Crippen molar-refractivity contribution in [2.75, 3.05) is 0 Å². The molecule has 0 radical (unpaired) electrons. The van der Waals surface area contributed by atoms with E-state index in [4.69, 9.17) is 19.9 Å². The molecule has 2 heterocycles. The number of rotatable bonds is 13. The van der Waals surface area contributed by atoms with E-state index in [-0.39, 0.29) is 5.41 Å². The second kappa shape index (κ2) is 28.6. The van der Waals surface area contributed by atoms with Gasteiger partial charge < -0.3 is 0 Å². The first-order valence-corrected chi connectivity index (χ1v) is 42.5. The summed E-state index contributed by atoms with van der Waals surface area (Å²) < 4.78 is 0. The molecule has 0 saturated carbocycles. The minimum absolute atomic E-state index is 0.159. The van der Waals surface area contributed by atoms with Crippen molar-refractivity contribution in [3.63, 3.8) is 0 Å². The summed E-state index contributed by atoms with van der Waals surface area (Å²) in [6.07, 6.45) is 0.766. The van der Waals surface area contributed by atoms with Crippen molar-refractivity contribution in [1.29, 1.82) is 0 Å². The molecule has 4 aliphatic rings. The molecule has 4 heteroatoms. The zero-order valence-electron chi connectivity index (χ0n) is 68.0. The fourth-order valence-corrected chi connectivity index (χ4v) is 21.1. The van der Waals surface area contributed by atoms with E-state index in [1.807, 2.05) is 0 Å². The molecule has 574 valence electrons. The monoisotopic (exact) mass is 1550 g/mol. The first-order valence-electron chi connectivity index (χ1n) is 42.5. The quantitative estimate of drug-likeness (QED) is 0.115. The Balaban J connectivity index is 0.574. The lowest BCUT2D eigenvalue weighted by Crippen LogP contribution is -2.43. The van der Waals surface area contributed by atoms with Gasteiger partial charge in [-0.3, -0.25) is 0 Å². The van der Waals surface area contributed by atoms with Gasteiger partial charge in [0.05, 0.1) is 33.6 Å². The van der Waals surface area contributed by atoms with Crippen molar-refractivity contribution >= 4 is 0 Å². The van der Waals surface area contributed by atoms with Crippen molar-refractivity contribution < 1.29 is 0 Å². The van der Waals surface area contributed by atoms with E-state index in [1.165, 1.54) is 117 Å². The van der Waals surface area contributed by atoms with E-state index in [1.54, 1.807) is 0 Å². The molecule has 17 aromatic carbocycles. The molecular formula is C118H82N4. The first kappa shape index (κ1) is 72.2. The zero-order chi connectivity index (χ0) is 81.3. The Morgan fingerprint density at radius 3 is 0.828 bits per heavy atom. The molecule has 0 fully saturated rings. The minimum Gasteiger partial charge on any atom is -0.228 e. The Morgan fingerprint density at radius 1 is 0.172 bits per heavy atom. The minimum atomic E-state index is -0.593. The number of nitrogens with zero attached hydrogens (tertiary/aromatic N) is 4. The predicted octanol–water partition coefficient (Wildman–Crippen LogP) is 28.8. The third-order valence-corrected chi connectivity index (χ3v) is 27.0. The van der Waals surface area contributed by atoms with Crippen molar-refractivity contribution in [2.45, 2.75) is 48.9 Å². The highest BCUT2D eigenvalue weighted by Crippen LogP contribution is 2.65. The van der Waals surface area contributed by atoms with E-state index in [2.05, 4.69) is 451 Å². The topological polar surface area (TPSA) is 51.6 Å². The number of benzene rings is 17. The maximum Gasteiger partial charge on any atom is 0.160 e. The summed E-state index contributed by atoms with van der Waals surface area (Å²) in [6, 6.07) is 159. The fourth-order valence-electron chi connectivity index (χ4n) is 21.1. The maximum atomic E-state index is 5.50. The van der Waals surface area contributed by atoms with E-state index >= 15 is 0 Å². The fraction of sp³-hybridized carbons (Fsp3) is 0.0678. The molecule has 2 spiro atoms. The SMILES string of the molecule is CC1(C)c2ccccc2C2(c3ccccc3-c3cc(-c4ccc(-c5cc(-c6ccc(-c7ccccc7)cc6)nc(-c6ccc(CC7(C)c8ccccc8C8(c9ccccc9-c9cc(-c%10cccc(-c%11cc(-c%12ccc(-c%13ccccc%13)cc%12)nc(-c%12ccc(-c%13ccccc%13)cc%12)n%11)c%10)ccc98)c8ccccc87)cc6)n5)cc4)ccc32)c2ccccc21. The van der Waals surface area contributed by atoms with E-state index in [0.717, 1.165) is 96.0 Å². The Hall–Kier alpha value is -15.1. The summed E-state index contributed by atoms with van der Waals surface area (Å²) in [6.45, 7) is 7.24. The summed E-state index contributed by atoms with van der Waals surface area (Å²) in [5, 5.41) is 0. The van der Waals surface area contributed by atoms with Gasteiger partial charge in [0.2, 0.25) is 0 Å². The van der Waals surface area contributed by atoms with Crippen LogP contribution in [0, 0.1) is 0 Å². The molecule has 23 rings (SSSR count). The molecule has 4 aliphatic carbocycles. The molecule has 0 N–H and O–H groups in total. The second-order valence-electron chi connectivity index (χ2n) is 34.0. The van der Waals surface area contributed by atoms with Crippen LogP contribution in [-0.4, -0.2) is 19.9 Å². The highest BCUT2D eigenvalue weighted by atomic mass is 14.9. The Bertz CT molecular complexity index is 7130. The Kier molecular flexibility index (Phi) is 16.9. The number of fused-ring (bicyclic) bond motifs is 18. The van der Waals surface area contributed by atoms with Gasteiger partial charge in [0, 0.05) is 44.2 Å². The van der Waals surface area contributed by atoms with Crippen LogP contribution in [0.3, 0.4) is 0 Å². The van der Waals surface area contributed by atoms with Gasteiger partial charge in [-0.1, -0.05) is 421 Å². The van der Waals surface area contributed by atoms with Crippen LogP contribution >= 0.6 is 0 Å². The van der Waals surface area contributed by atoms with Crippen LogP contribution in [0.5, 0.6) is 0 Å². The molecule has 122 heavy (non-hydrogen) atoms. The molecule has 0 saturated heterocycles. The Morgan fingerprint density at radius 2 is 0.426 bits per heavy atom. The van der Waals surface area contributed by atoms with E-state index in [0.29, 0.717) is 11.6 Å². The van der Waals surface area contributed by atoms with Gasteiger partial charge in [0.1, 0.15) is 0 Å². The lowest BCUT2D eigenvalue weighted by molar-refractivity contribution is 0.514. The summed E-state index contributed by atoms with van der Waals surface area (Å²) in [7, 11) is 0. The van der Waals surface area contributed by atoms with Crippen LogP contribution in [0.25, 0.3) is 146 Å². The second-order valence-corrected chi connectivity index (χ2v) is 34.0. The standard InChI is InChI=1S/C118H82N4/c1-115(2)101-38-17-21-42-105(101)117(106-43-22-18-39-102(106)115)97-36-15-13-34-93(97)95-71-90(66-68-99(95)117)83-54-62-86(63-55-83)110-73-109(84-58-50-80(51-59-84)77-26-7-4-8-27-77)119-113(120-110)87-48-46-76(47-49-87)75-116(3)103-40-19-23-44-107(103)118(108-45-24-20-41-104(108)116)98-37-16-14-35-94(98)96-72-91(67-69-100(96)118)89-32-25-33-92(70-89)112-74-111(85-60-52-81(53-61-85)78-28-9-5-10-29-78)121-114(122-112)88-64-56-82(57-65-88)79-30-11-6-12-31-79/h4-74H,75H2,1-3H3. The van der Waals surface area contributed by atoms with Crippen LogP contribution in [0.15, 0.2) is 431 Å². The number of hydrogen-bond donors (Lipinski definition) is 0. The van der Waals surface area contributed by atoms with Crippen molar-refractivity contribution in [1.82, 2.24) is 19.9 Å².